The van der Waals surface area contributed by atoms with Crippen LogP contribution in [-0.4, -0.2) is 24.2 Å². The van der Waals surface area contributed by atoms with Gasteiger partial charge in [0.05, 0.1) is 11.7 Å². The molecule has 3 rings (SSSR count). The second kappa shape index (κ2) is 9.92. The first-order valence-electron chi connectivity index (χ1n) is 9.05. The summed E-state index contributed by atoms with van der Waals surface area (Å²) in [7, 11) is 0. The Morgan fingerprint density at radius 3 is 2.53 bits per heavy atom. The average Bonchev–Trinajstić information content (AvgIpc) is 3.24. The van der Waals surface area contributed by atoms with Crippen LogP contribution in [0.25, 0.3) is 0 Å². The van der Waals surface area contributed by atoms with Crippen molar-refractivity contribution < 1.29 is 28.6 Å². The van der Waals surface area contributed by atoms with Crippen LogP contribution in [0.5, 0.6) is 11.5 Å². The summed E-state index contributed by atoms with van der Waals surface area (Å²) < 4.78 is 16.2. The molecule has 30 heavy (non-hydrogen) atoms. The molecule has 0 saturated carbocycles. The molecule has 0 atom stereocenters. The Labute approximate surface area is 172 Å². The van der Waals surface area contributed by atoms with E-state index in [-0.39, 0.29) is 12.4 Å². The molecule has 2 aromatic carbocycles. The second-order valence-electron chi connectivity index (χ2n) is 6.19. The zero-order valence-corrected chi connectivity index (χ0v) is 16.2. The summed E-state index contributed by atoms with van der Waals surface area (Å²) in [6.45, 7) is 1.34. The number of ether oxygens (including phenoxy) is 2. The molecule has 1 heterocycles. The van der Waals surface area contributed by atoms with E-state index in [1.165, 1.54) is 6.07 Å². The maximum Gasteiger partial charge on any atom is 0.307 e. The third-order valence-electron chi connectivity index (χ3n) is 3.94. The van der Waals surface area contributed by atoms with Crippen LogP contribution in [0.4, 0.5) is 0 Å². The van der Waals surface area contributed by atoms with Crippen LogP contribution in [-0.2, 0) is 11.4 Å². The number of carbonyl (C=O) groups excluding carboxylic acids is 2. The molecule has 0 radical (unpaired) electrons. The van der Waals surface area contributed by atoms with Gasteiger partial charge in [0.15, 0.2) is 5.76 Å². The molecule has 1 N–H and O–H groups in total. The van der Waals surface area contributed by atoms with Gasteiger partial charge in [0, 0.05) is 5.56 Å². The van der Waals surface area contributed by atoms with Crippen LogP contribution in [0.2, 0.25) is 0 Å². The van der Waals surface area contributed by atoms with Crippen molar-refractivity contribution in [2.75, 3.05) is 6.61 Å². The number of nitrogens with one attached hydrogen (secondary N) is 1. The average molecular weight is 407 g/mol. The van der Waals surface area contributed by atoms with Gasteiger partial charge in [-0.15, -0.1) is 0 Å². The molecule has 8 nitrogen and oxygen atoms in total. The Balaban J connectivity index is 1.57. The molecule has 1 aromatic heterocycles. The number of hydrogen-bond donors (Lipinski definition) is 1. The first kappa shape index (κ1) is 20.7. The van der Waals surface area contributed by atoms with Crippen LogP contribution >= 0.6 is 0 Å². The van der Waals surface area contributed by atoms with Crippen molar-refractivity contribution in [1.29, 1.82) is 0 Å². The van der Waals surface area contributed by atoms with Crippen molar-refractivity contribution in [1.82, 2.24) is 5.43 Å². The molecule has 8 heteroatoms. The summed E-state index contributed by atoms with van der Waals surface area (Å²) in [6, 6.07) is 19.1. The minimum Gasteiger partial charge on any atom is -0.546 e. The van der Waals surface area contributed by atoms with Crippen molar-refractivity contribution in [3.63, 3.8) is 0 Å². The van der Waals surface area contributed by atoms with Gasteiger partial charge in [-0.25, -0.2) is 5.43 Å². The van der Waals surface area contributed by atoms with Gasteiger partial charge in [0.1, 0.15) is 30.5 Å². The normalized spacial score (nSPS) is 11.0. The standard InChI is InChI=1S/C22H20N2O6/c1-15(16-6-5-9-18(12-16)29-14-21(25)26)23-24-22(27)20-11-10-19(30-20)13-28-17-7-3-2-4-8-17/h2-12H,13-14H2,1H3,(H,24,27)(H,25,26)/p-1/b23-15-. The van der Waals surface area contributed by atoms with Gasteiger partial charge in [0.2, 0.25) is 0 Å². The van der Waals surface area contributed by atoms with Gasteiger partial charge >= 0.3 is 5.91 Å². The van der Waals surface area contributed by atoms with Crippen LogP contribution < -0.4 is 20.0 Å². The van der Waals surface area contributed by atoms with Gasteiger partial charge < -0.3 is 23.8 Å². The van der Waals surface area contributed by atoms with E-state index in [9.17, 15) is 14.7 Å². The van der Waals surface area contributed by atoms with Crippen LogP contribution in [0, 0.1) is 0 Å². The Morgan fingerprint density at radius 1 is 1.00 bits per heavy atom. The molecule has 0 aliphatic carbocycles. The fourth-order valence-electron chi connectivity index (χ4n) is 2.46. The number of aliphatic carboxylic acids is 1. The fourth-order valence-corrected chi connectivity index (χ4v) is 2.46. The molecule has 0 unspecified atom stereocenters. The Hall–Kier alpha value is -4.07. The zero-order chi connectivity index (χ0) is 21.3. The number of hydrogen-bond acceptors (Lipinski definition) is 7. The second-order valence-corrected chi connectivity index (χ2v) is 6.19. The van der Waals surface area contributed by atoms with Gasteiger partial charge in [0.25, 0.3) is 0 Å². The number of rotatable bonds is 9. The highest BCUT2D eigenvalue weighted by Crippen LogP contribution is 2.15. The van der Waals surface area contributed by atoms with E-state index >= 15 is 0 Å². The summed E-state index contributed by atoms with van der Waals surface area (Å²) in [4.78, 5) is 22.8. The molecule has 3 aromatic rings. The monoisotopic (exact) mass is 407 g/mol. The topological polar surface area (TPSA) is 113 Å². The molecule has 0 spiro atoms. The number of furan rings is 1. The summed E-state index contributed by atoms with van der Waals surface area (Å²) in [6.07, 6.45) is 0. The summed E-state index contributed by atoms with van der Waals surface area (Å²) in [5, 5.41) is 14.5. The number of carboxylic acid groups (broad SMARTS) is 1. The minimum atomic E-state index is -1.31. The Kier molecular flexibility index (Phi) is 6.83. The van der Waals surface area contributed by atoms with Gasteiger partial charge in [-0.2, -0.15) is 5.10 Å². The van der Waals surface area contributed by atoms with E-state index in [0.29, 0.717) is 28.5 Å². The third kappa shape index (κ3) is 5.96. The number of para-hydroxylation sites is 1. The molecule has 0 aliphatic rings. The predicted molar refractivity (Wildman–Crippen MR) is 106 cm³/mol. The predicted octanol–water partition coefficient (Wildman–Crippen LogP) is 2.14. The van der Waals surface area contributed by atoms with Crippen LogP contribution in [0.1, 0.15) is 28.8 Å². The number of benzene rings is 2. The van der Waals surface area contributed by atoms with Gasteiger partial charge in [-0.3, -0.25) is 4.79 Å². The van der Waals surface area contributed by atoms with Crippen molar-refractivity contribution in [3.8, 4) is 11.5 Å². The molecule has 0 fully saturated rings. The Bertz CT molecular complexity index is 1040. The lowest BCUT2D eigenvalue weighted by atomic mass is 10.1. The smallest absolute Gasteiger partial charge is 0.307 e. The quantitative estimate of drug-likeness (QED) is 0.429. The maximum atomic E-state index is 12.3. The first-order valence-corrected chi connectivity index (χ1v) is 9.05. The van der Waals surface area contributed by atoms with Crippen molar-refractivity contribution in [3.05, 3.63) is 83.8 Å². The van der Waals surface area contributed by atoms with Crippen molar-refractivity contribution >= 4 is 17.6 Å². The molecule has 0 saturated heterocycles. The highest BCUT2D eigenvalue weighted by atomic mass is 16.5. The first-order chi connectivity index (χ1) is 14.5. The molecule has 0 aliphatic heterocycles. The van der Waals surface area contributed by atoms with E-state index in [1.54, 1.807) is 37.3 Å². The van der Waals surface area contributed by atoms with Crippen molar-refractivity contribution in [2.45, 2.75) is 13.5 Å². The third-order valence-corrected chi connectivity index (χ3v) is 3.94. The minimum absolute atomic E-state index is 0.101. The largest absolute Gasteiger partial charge is 0.546 e. The molecular weight excluding hydrogens is 388 g/mol. The number of carboxylic acids is 1. The van der Waals surface area contributed by atoms with E-state index in [4.69, 9.17) is 13.9 Å². The molecule has 0 bridgehead atoms. The van der Waals surface area contributed by atoms with E-state index < -0.39 is 18.5 Å². The maximum absolute atomic E-state index is 12.3. The number of hydrazone groups is 1. The molecule has 154 valence electrons. The van der Waals surface area contributed by atoms with E-state index in [1.807, 2.05) is 30.3 Å². The summed E-state index contributed by atoms with van der Waals surface area (Å²) in [5.41, 5.74) is 3.58. The number of amides is 1. The highest BCUT2D eigenvalue weighted by molar-refractivity contribution is 6.00. The molecule has 1 amide bonds. The number of nitrogens with zero attached hydrogens (tertiary/aromatic N) is 1. The SMILES string of the molecule is C/C(=N/NC(=O)c1ccc(COc2ccccc2)o1)c1cccc(OCC(=O)[O-])c1. The van der Waals surface area contributed by atoms with Crippen LogP contribution in [0.3, 0.4) is 0 Å². The lowest BCUT2D eigenvalue weighted by molar-refractivity contribution is -0.307. The lowest BCUT2D eigenvalue weighted by Gasteiger charge is -2.08. The van der Waals surface area contributed by atoms with E-state index in [0.717, 1.165) is 0 Å². The molecular formula is C22H19N2O6-. The highest BCUT2D eigenvalue weighted by Gasteiger charge is 2.11. The van der Waals surface area contributed by atoms with Gasteiger partial charge in [-0.1, -0.05) is 30.3 Å². The Morgan fingerprint density at radius 2 is 1.77 bits per heavy atom. The number of carbonyl (C=O) groups is 2. The van der Waals surface area contributed by atoms with Crippen LogP contribution in [0.15, 0.2) is 76.2 Å². The lowest BCUT2D eigenvalue weighted by Crippen LogP contribution is -2.28. The summed E-state index contributed by atoms with van der Waals surface area (Å²) in [5.74, 6) is -0.168. The van der Waals surface area contributed by atoms with E-state index in [2.05, 4.69) is 10.5 Å². The zero-order valence-electron chi connectivity index (χ0n) is 16.2. The van der Waals surface area contributed by atoms with Crippen molar-refractivity contribution in [2.24, 2.45) is 5.10 Å². The van der Waals surface area contributed by atoms with Gasteiger partial charge in [-0.05, 0) is 43.3 Å². The fraction of sp³-hybridized carbons (Fsp3) is 0.136. The summed E-state index contributed by atoms with van der Waals surface area (Å²) >= 11 is 0.